The van der Waals surface area contributed by atoms with Gasteiger partial charge in [-0.2, -0.15) is 0 Å². The molecule has 2 rings (SSSR count). The molecule has 11 N–H and O–H groups in total. The van der Waals surface area contributed by atoms with Gasteiger partial charge in [0.25, 0.3) is 0 Å². The van der Waals surface area contributed by atoms with Crippen molar-refractivity contribution in [1.29, 1.82) is 0 Å². The van der Waals surface area contributed by atoms with E-state index in [-0.39, 0.29) is 12.8 Å². The lowest BCUT2D eigenvalue weighted by atomic mass is 9.67. The highest BCUT2D eigenvalue weighted by Crippen LogP contribution is 2.41. The third-order valence-corrected chi connectivity index (χ3v) is 13.7. The summed E-state index contributed by atoms with van der Waals surface area (Å²) in [4.78, 5) is 28.7. The quantitative estimate of drug-likeness (QED) is 0.0296. The molecule has 0 aromatic rings. The molecule has 2 saturated heterocycles. The predicted molar refractivity (Wildman–Crippen MR) is 252 cm³/mol. The number of hydrogen-bond acceptors (Lipinski definition) is 15. The molecule has 0 aliphatic carbocycles. The smallest absolute Gasteiger partial charge is 0.181 e. The first-order valence-corrected chi connectivity index (χ1v) is 25.8. The van der Waals surface area contributed by atoms with Crippen molar-refractivity contribution in [1.82, 2.24) is 0 Å². The Bertz CT molecular complexity index is 1250. The lowest BCUT2D eigenvalue weighted by Crippen LogP contribution is -2.79. The van der Waals surface area contributed by atoms with Crippen LogP contribution in [-0.4, -0.2) is 159 Å². The molecule has 0 saturated carbocycles. The van der Waals surface area contributed by atoms with Crippen molar-refractivity contribution in [3.63, 3.8) is 0 Å². The minimum atomic E-state index is -3.47. The fourth-order valence-corrected chi connectivity index (χ4v) is 9.31. The van der Waals surface area contributed by atoms with Gasteiger partial charge in [0.15, 0.2) is 22.8 Å². The number of aliphatic hydroxyl groups excluding tert-OH is 9. The molecule has 4 unspecified atom stereocenters. The van der Waals surface area contributed by atoms with Crippen LogP contribution in [0.1, 0.15) is 194 Å². The minimum absolute atomic E-state index is 0.153. The van der Waals surface area contributed by atoms with E-state index >= 15 is 0 Å². The summed E-state index contributed by atoms with van der Waals surface area (Å²) >= 11 is 0. The van der Waals surface area contributed by atoms with Crippen molar-refractivity contribution in [2.45, 2.75) is 272 Å². The highest BCUT2D eigenvalue weighted by molar-refractivity contribution is 5.94. The molecule has 66 heavy (non-hydrogen) atoms. The first-order chi connectivity index (χ1) is 31.7. The summed E-state index contributed by atoms with van der Waals surface area (Å²) in [6.45, 7) is 2.46. The number of Topliss-reactive ketones (excluding diaryl/α,β-unsaturated/α-hetero) is 2. The molecule has 2 aliphatic heterocycles. The highest BCUT2D eigenvalue weighted by Gasteiger charge is 2.68. The van der Waals surface area contributed by atoms with Crippen LogP contribution < -0.4 is 0 Å². The van der Waals surface area contributed by atoms with Gasteiger partial charge in [-0.1, -0.05) is 141 Å². The summed E-state index contributed by atoms with van der Waals surface area (Å²) in [6.07, 6.45) is 8.99. The molecule has 0 amide bonds. The van der Waals surface area contributed by atoms with Gasteiger partial charge in [0.05, 0.1) is 13.2 Å². The van der Waals surface area contributed by atoms with Crippen LogP contribution in [0, 0.1) is 0 Å². The summed E-state index contributed by atoms with van der Waals surface area (Å²) in [7, 11) is 0. The normalized spacial score (nSPS) is 28.4. The van der Waals surface area contributed by atoms with Crippen molar-refractivity contribution in [3.05, 3.63) is 24.3 Å². The topological polar surface area (TPSA) is 275 Å². The maximum absolute atomic E-state index is 14.4. The molecule has 12 atom stereocenters. The lowest BCUT2D eigenvalue weighted by molar-refractivity contribution is -0.313. The van der Waals surface area contributed by atoms with Crippen LogP contribution in [0.5, 0.6) is 0 Å². The summed E-state index contributed by atoms with van der Waals surface area (Å²) in [5.74, 6) is -2.46. The SMILES string of the molecule is CCCCCCCC/C=C\CCCCCCCC(=O)C(O)(C1O[C@H](CO)[C@H](O)[C@H](O)[C@H]1O)C(O)C(O)(C(=O)CCCCCCC/C=C\CCCCCCCC)C1O[C@H](CO)[C@H](O)[C@H](O)[C@H]1O. The van der Waals surface area contributed by atoms with Crippen molar-refractivity contribution in [2.24, 2.45) is 0 Å². The van der Waals surface area contributed by atoms with Crippen LogP contribution in [0.25, 0.3) is 0 Å². The predicted octanol–water partition coefficient (Wildman–Crippen LogP) is 4.71. The van der Waals surface area contributed by atoms with Gasteiger partial charge in [-0.25, -0.2) is 0 Å². The van der Waals surface area contributed by atoms with Gasteiger partial charge in [-0.3, -0.25) is 9.59 Å². The van der Waals surface area contributed by atoms with Gasteiger partial charge in [0, 0.05) is 12.8 Å². The Labute approximate surface area is 395 Å². The van der Waals surface area contributed by atoms with Gasteiger partial charge in [-0.15, -0.1) is 0 Å². The van der Waals surface area contributed by atoms with E-state index in [4.69, 9.17) is 9.47 Å². The number of hydrogen-bond donors (Lipinski definition) is 11. The largest absolute Gasteiger partial charge is 0.394 e. The second-order valence-electron chi connectivity index (χ2n) is 19.1. The molecule has 0 radical (unpaired) electrons. The zero-order chi connectivity index (χ0) is 49.0. The number of rotatable bonds is 38. The number of allylic oxidation sites excluding steroid dienone is 4. The molecule has 15 heteroatoms. The maximum atomic E-state index is 14.4. The third-order valence-electron chi connectivity index (χ3n) is 13.7. The maximum Gasteiger partial charge on any atom is 0.181 e. The Morgan fingerprint density at radius 2 is 0.712 bits per heavy atom. The van der Waals surface area contributed by atoms with Gasteiger partial charge in [0.2, 0.25) is 0 Å². The van der Waals surface area contributed by atoms with E-state index in [9.17, 15) is 65.8 Å². The standard InChI is InChI=1S/C51H92O15/c1-3-5-7-9-11-13-15-17-19-21-23-25-27-29-31-33-39(54)50(63,47-45(60)43(58)41(56)37(35-52)65-47)49(62)51(64,48-46(61)44(59)42(57)38(36-53)66-48)40(55)34-32-30-28-26-24-22-20-18-16-14-12-10-8-6-4-2/h17-20,37-38,41-49,52-53,56-64H,3-16,21-36H2,1-2H3/b19-17-,20-18-/t37-,38-,41+,42+,43+,44+,45-,46-,47?,48?,49?,50?,51?/m1/s1. The number of unbranched alkanes of at least 4 members (excludes halogenated alkanes) is 22. The molecule has 386 valence electrons. The fraction of sp³-hybridized carbons (Fsp3) is 0.882. The third kappa shape index (κ3) is 18.6. The Morgan fingerprint density at radius 3 is 1.00 bits per heavy atom. The number of ether oxygens (including phenoxy) is 2. The van der Waals surface area contributed by atoms with Crippen LogP contribution in [0.4, 0.5) is 0 Å². The Kier molecular flexibility index (Phi) is 30.9. The van der Waals surface area contributed by atoms with Crippen LogP contribution >= 0.6 is 0 Å². The highest BCUT2D eigenvalue weighted by atomic mass is 16.6. The van der Waals surface area contributed by atoms with Gasteiger partial charge < -0.3 is 65.6 Å². The Hall–Kier alpha value is -1.70. The van der Waals surface area contributed by atoms with E-state index in [2.05, 4.69) is 38.2 Å². The van der Waals surface area contributed by atoms with Crippen LogP contribution in [-0.2, 0) is 19.1 Å². The zero-order valence-electron chi connectivity index (χ0n) is 40.4. The molecule has 15 nitrogen and oxygen atoms in total. The van der Waals surface area contributed by atoms with Crippen molar-refractivity contribution < 1.29 is 75.2 Å². The average molecular weight is 945 g/mol. The van der Waals surface area contributed by atoms with Crippen molar-refractivity contribution >= 4 is 11.6 Å². The Balaban J connectivity index is 2.23. The van der Waals surface area contributed by atoms with Crippen molar-refractivity contribution in [3.8, 4) is 0 Å². The van der Waals surface area contributed by atoms with E-state index in [1.54, 1.807) is 0 Å². The molecule has 0 bridgehead atoms. The molecule has 0 spiro atoms. The summed E-state index contributed by atoms with van der Waals surface area (Å²) in [5.41, 5.74) is -6.94. The molecule has 0 aromatic carbocycles. The van der Waals surface area contributed by atoms with Crippen molar-refractivity contribution in [2.75, 3.05) is 13.2 Å². The van der Waals surface area contributed by atoms with Gasteiger partial charge in [-0.05, 0) is 64.2 Å². The molecular weight excluding hydrogens is 853 g/mol. The van der Waals surface area contributed by atoms with Crippen LogP contribution in [0.3, 0.4) is 0 Å². The fourth-order valence-electron chi connectivity index (χ4n) is 9.31. The van der Waals surface area contributed by atoms with E-state index in [0.717, 1.165) is 51.4 Å². The first kappa shape index (κ1) is 60.4. The number of aliphatic hydroxyl groups is 11. The average Bonchev–Trinajstić information content (AvgIpc) is 3.31. The summed E-state index contributed by atoms with van der Waals surface area (Å²) < 4.78 is 11.2. The molecular formula is C51H92O15. The van der Waals surface area contributed by atoms with Gasteiger partial charge in [0.1, 0.15) is 67.1 Å². The van der Waals surface area contributed by atoms with E-state index in [1.807, 2.05) is 0 Å². The monoisotopic (exact) mass is 945 g/mol. The van der Waals surface area contributed by atoms with E-state index in [0.29, 0.717) is 25.7 Å². The lowest BCUT2D eigenvalue weighted by Gasteiger charge is -2.53. The number of carbonyl (C=O) groups excluding carboxylic acids is 2. The molecule has 0 aromatic heterocycles. The molecule has 2 heterocycles. The summed E-state index contributed by atoms with van der Waals surface area (Å²) in [6, 6.07) is 0. The molecule has 2 fully saturated rings. The zero-order valence-corrected chi connectivity index (χ0v) is 40.4. The molecule has 2 aliphatic rings. The van der Waals surface area contributed by atoms with Crippen LogP contribution in [0.2, 0.25) is 0 Å². The van der Waals surface area contributed by atoms with Crippen LogP contribution in [0.15, 0.2) is 24.3 Å². The first-order valence-electron chi connectivity index (χ1n) is 25.8. The van der Waals surface area contributed by atoms with E-state index in [1.165, 1.54) is 77.0 Å². The minimum Gasteiger partial charge on any atom is -0.394 e. The van der Waals surface area contributed by atoms with E-state index < -0.39 is 116 Å². The summed E-state index contributed by atoms with van der Waals surface area (Å²) in [5, 5.41) is 122. The second kappa shape index (κ2) is 33.8. The number of carbonyl (C=O) groups is 2. The Morgan fingerprint density at radius 1 is 0.439 bits per heavy atom. The second-order valence-corrected chi connectivity index (χ2v) is 19.1. The van der Waals surface area contributed by atoms with Gasteiger partial charge >= 0.3 is 0 Å². The number of ketones is 2.